The molecule has 41 heavy (non-hydrogen) atoms. The van der Waals surface area contributed by atoms with Crippen molar-refractivity contribution in [2.24, 2.45) is 29.4 Å². The third kappa shape index (κ3) is 8.99. The summed E-state index contributed by atoms with van der Waals surface area (Å²) in [5.74, 6) is -2.68. The topological polar surface area (TPSA) is 168 Å². The number of ketones is 2. The zero-order valence-electron chi connectivity index (χ0n) is 24.9. The van der Waals surface area contributed by atoms with Gasteiger partial charge < -0.3 is 31.3 Å². The molecule has 0 radical (unpaired) electrons. The lowest BCUT2D eigenvalue weighted by Crippen LogP contribution is -2.36. The molecule has 2 amide bonds. The van der Waals surface area contributed by atoms with Crippen LogP contribution in [-0.2, 0) is 19.1 Å². The van der Waals surface area contributed by atoms with Gasteiger partial charge in [0.1, 0.15) is 6.10 Å². The summed E-state index contributed by atoms with van der Waals surface area (Å²) in [4.78, 5) is 51.2. The molecule has 2 rings (SSSR count). The number of nitrogens with one attached hydrogen (secondary N) is 2. The van der Waals surface area contributed by atoms with E-state index in [1.54, 1.807) is 19.9 Å². The van der Waals surface area contributed by atoms with E-state index in [-0.39, 0.29) is 59.7 Å². The molecular formula is C31H45N3O7. The minimum Gasteiger partial charge on any atom is -0.441 e. The molecule has 0 aromatic rings. The SMILES string of the molecule is C=CCNC1=C2CC(C)CC(C)C(O)C(C)/C=C(/C)C(OC(N)=O)C(C)C(O)C/C=C(/C)C(=O)NC(=CC1=O)C2=O. The van der Waals surface area contributed by atoms with Gasteiger partial charge in [0.05, 0.1) is 23.6 Å². The Bertz CT molecular complexity index is 1170. The highest BCUT2D eigenvalue weighted by molar-refractivity contribution is 6.23. The predicted octanol–water partition coefficient (Wildman–Crippen LogP) is 2.97. The Balaban J connectivity index is 2.55. The first-order chi connectivity index (χ1) is 19.2. The summed E-state index contributed by atoms with van der Waals surface area (Å²) >= 11 is 0. The summed E-state index contributed by atoms with van der Waals surface area (Å²) in [6, 6.07) is 0. The van der Waals surface area contributed by atoms with E-state index in [4.69, 9.17) is 10.5 Å². The van der Waals surface area contributed by atoms with Crippen LogP contribution in [0.15, 0.2) is 59.0 Å². The van der Waals surface area contributed by atoms with Gasteiger partial charge in [-0.1, -0.05) is 45.9 Å². The number of nitrogens with two attached hydrogens (primary N) is 1. The fourth-order valence-electron chi connectivity index (χ4n) is 5.45. The number of aliphatic hydroxyl groups is 2. The highest BCUT2D eigenvalue weighted by atomic mass is 16.6. The largest absolute Gasteiger partial charge is 0.441 e. The van der Waals surface area contributed by atoms with Gasteiger partial charge in [0.25, 0.3) is 5.91 Å². The summed E-state index contributed by atoms with van der Waals surface area (Å²) in [5.41, 5.74) is 6.51. The van der Waals surface area contributed by atoms with Crippen LogP contribution in [-0.4, -0.2) is 58.6 Å². The van der Waals surface area contributed by atoms with Gasteiger partial charge in [-0.25, -0.2) is 4.79 Å². The van der Waals surface area contributed by atoms with Crippen LogP contribution in [0.5, 0.6) is 0 Å². The van der Waals surface area contributed by atoms with Crippen LogP contribution >= 0.6 is 0 Å². The first kappa shape index (κ1) is 33.7. The first-order valence-electron chi connectivity index (χ1n) is 14.0. The monoisotopic (exact) mass is 571 g/mol. The molecule has 226 valence electrons. The van der Waals surface area contributed by atoms with Gasteiger partial charge in [0, 0.05) is 35.6 Å². The molecule has 0 fully saturated rings. The predicted molar refractivity (Wildman–Crippen MR) is 156 cm³/mol. The Morgan fingerprint density at radius 1 is 1.20 bits per heavy atom. The van der Waals surface area contributed by atoms with Crippen LogP contribution in [0.1, 0.15) is 60.8 Å². The number of primary amides is 1. The van der Waals surface area contributed by atoms with Crippen molar-refractivity contribution in [3.05, 3.63) is 59.0 Å². The van der Waals surface area contributed by atoms with Crippen LogP contribution in [0.25, 0.3) is 0 Å². The van der Waals surface area contributed by atoms with Crippen molar-refractivity contribution < 1.29 is 34.1 Å². The van der Waals surface area contributed by atoms with Crippen molar-refractivity contribution in [1.29, 1.82) is 0 Å². The van der Waals surface area contributed by atoms with Crippen LogP contribution in [0, 0.1) is 23.7 Å². The molecule has 0 aromatic carbocycles. The quantitative estimate of drug-likeness (QED) is 0.253. The number of carbonyl (C=O) groups excluding carboxylic acids is 4. The van der Waals surface area contributed by atoms with Gasteiger partial charge >= 0.3 is 6.09 Å². The third-order valence-electron chi connectivity index (χ3n) is 7.79. The van der Waals surface area contributed by atoms with Crippen molar-refractivity contribution in [2.45, 2.75) is 79.1 Å². The minimum atomic E-state index is -1.02. The maximum atomic E-state index is 13.5. The maximum absolute atomic E-state index is 13.5. The molecule has 7 atom stereocenters. The molecule has 0 saturated carbocycles. The van der Waals surface area contributed by atoms with Crippen molar-refractivity contribution in [2.75, 3.05) is 6.54 Å². The van der Waals surface area contributed by atoms with E-state index in [0.29, 0.717) is 12.0 Å². The fraction of sp³-hybridized carbons (Fsp3) is 0.548. The van der Waals surface area contributed by atoms with Gasteiger partial charge in [-0.3, -0.25) is 14.4 Å². The highest BCUT2D eigenvalue weighted by Gasteiger charge is 2.33. The summed E-state index contributed by atoms with van der Waals surface area (Å²) < 4.78 is 5.36. The number of hydrogen-bond donors (Lipinski definition) is 5. The van der Waals surface area contributed by atoms with Crippen LogP contribution in [0.4, 0.5) is 4.79 Å². The number of carbonyl (C=O) groups is 4. The first-order valence-corrected chi connectivity index (χ1v) is 14.0. The van der Waals surface area contributed by atoms with Gasteiger partial charge in [-0.15, -0.1) is 6.58 Å². The summed E-state index contributed by atoms with van der Waals surface area (Å²) in [6.45, 7) is 14.6. The smallest absolute Gasteiger partial charge is 0.405 e. The number of hydrogen-bond acceptors (Lipinski definition) is 8. The average Bonchev–Trinajstić information content (AvgIpc) is 2.90. The van der Waals surface area contributed by atoms with Crippen molar-refractivity contribution in [1.82, 2.24) is 10.6 Å². The van der Waals surface area contributed by atoms with E-state index in [2.05, 4.69) is 17.2 Å². The highest BCUT2D eigenvalue weighted by Crippen LogP contribution is 2.30. The van der Waals surface area contributed by atoms with Crippen LogP contribution < -0.4 is 16.4 Å². The number of rotatable bonds is 4. The lowest BCUT2D eigenvalue weighted by atomic mass is 9.81. The molecule has 10 heteroatoms. The summed E-state index contributed by atoms with van der Waals surface area (Å²) in [5, 5.41) is 27.6. The van der Waals surface area contributed by atoms with Crippen molar-refractivity contribution in [3.8, 4) is 0 Å². The molecule has 10 nitrogen and oxygen atoms in total. The van der Waals surface area contributed by atoms with Crippen LogP contribution in [0.3, 0.4) is 0 Å². The number of aliphatic hydroxyl groups excluding tert-OH is 2. The summed E-state index contributed by atoms with van der Waals surface area (Å²) in [7, 11) is 0. The molecule has 0 saturated heterocycles. The van der Waals surface area contributed by atoms with Crippen LogP contribution in [0.2, 0.25) is 0 Å². The minimum absolute atomic E-state index is 0.0474. The number of amides is 2. The average molecular weight is 572 g/mol. The Morgan fingerprint density at radius 2 is 1.85 bits per heavy atom. The molecule has 1 aliphatic heterocycles. The van der Waals surface area contributed by atoms with Crippen molar-refractivity contribution >= 4 is 23.6 Å². The Morgan fingerprint density at radius 3 is 2.46 bits per heavy atom. The normalized spacial score (nSPS) is 33.5. The third-order valence-corrected chi connectivity index (χ3v) is 7.79. The number of allylic oxidation sites excluding steroid dienone is 2. The molecule has 0 spiro atoms. The maximum Gasteiger partial charge on any atom is 0.405 e. The molecule has 0 aromatic heterocycles. The zero-order valence-corrected chi connectivity index (χ0v) is 24.9. The van der Waals surface area contributed by atoms with E-state index in [1.807, 2.05) is 26.8 Å². The second-order valence-corrected chi connectivity index (χ2v) is 11.4. The molecule has 1 heterocycles. The van der Waals surface area contributed by atoms with Gasteiger partial charge in [0.2, 0.25) is 11.6 Å². The summed E-state index contributed by atoms with van der Waals surface area (Å²) in [6.07, 6.45) is 3.25. The number of fused-ring (bicyclic) bond motifs is 2. The second kappa shape index (κ2) is 14.9. The lowest BCUT2D eigenvalue weighted by Gasteiger charge is -2.30. The number of ether oxygens (including phenoxy) is 1. The van der Waals surface area contributed by atoms with E-state index >= 15 is 0 Å². The molecular weight excluding hydrogens is 526 g/mol. The van der Waals surface area contributed by atoms with E-state index in [0.717, 1.165) is 6.08 Å². The van der Waals surface area contributed by atoms with Gasteiger partial charge in [0.15, 0.2) is 0 Å². The Kier molecular flexibility index (Phi) is 12.3. The molecule has 1 aliphatic carbocycles. The molecule has 2 aliphatic rings. The molecule has 2 bridgehead atoms. The Labute approximate surface area is 242 Å². The van der Waals surface area contributed by atoms with E-state index in [1.165, 1.54) is 13.0 Å². The van der Waals surface area contributed by atoms with E-state index in [9.17, 15) is 29.4 Å². The standard InChI is InChI=1S/C31H45N3O7/c1-8-11-33-26-22-13-16(2)12-18(4)27(37)19(5)14-20(6)29(41-31(32)40)21(7)24(35)10-9-17(3)30(39)34-23(28(22)38)15-25(26)36/h8-9,14-16,18-19,21,24,27,29,33,35,37H,1,10-13H2,2-7H3,(H2,32,40)(H,34,39)/b17-9-,20-14-. The van der Waals surface area contributed by atoms with E-state index < -0.39 is 47.8 Å². The molecule has 7 unspecified atom stereocenters. The van der Waals surface area contributed by atoms with Gasteiger partial charge in [-0.05, 0) is 50.5 Å². The lowest BCUT2D eigenvalue weighted by molar-refractivity contribution is -0.120. The zero-order chi connectivity index (χ0) is 31.0. The molecule has 6 N–H and O–H groups in total. The van der Waals surface area contributed by atoms with Crippen molar-refractivity contribution in [3.63, 3.8) is 0 Å². The van der Waals surface area contributed by atoms with Gasteiger partial charge in [-0.2, -0.15) is 0 Å². The number of Topliss-reactive ketones (excluding diaryl/α,β-unsaturated/α-hetero) is 1. The second-order valence-electron chi connectivity index (χ2n) is 11.4. The fourth-order valence-corrected chi connectivity index (χ4v) is 5.45. The Hall–Kier alpha value is -3.50.